The Morgan fingerprint density at radius 3 is 1.30 bits per heavy atom. The molecule has 0 aromatic heterocycles. The monoisotopic (exact) mass is 170 g/mol. The minimum atomic E-state index is -2.48. The average molecular weight is 170 g/mol. The fourth-order valence-electron chi connectivity index (χ4n) is 0.737. The maximum absolute atomic E-state index is 11.1. The molecule has 0 rings (SSSR count). The first kappa shape index (κ1) is 13.5. The zero-order valence-electron chi connectivity index (χ0n) is 7.82. The zero-order chi connectivity index (χ0) is 7.71. The normalized spacial score (nSPS) is 12.6. The van der Waals surface area contributed by atoms with Gasteiger partial charge in [0.1, 0.15) is 0 Å². The van der Waals surface area contributed by atoms with Gasteiger partial charge >= 0.3 is 18.9 Å². The van der Waals surface area contributed by atoms with Crippen LogP contribution in [0.1, 0.15) is 0 Å². The van der Waals surface area contributed by atoms with Crippen molar-refractivity contribution in [2.24, 2.45) is 0 Å². The molecule has 0 bridgehead atoms. The second-order valence-electron chi connectivity index (χ2n) is 3.61. The van der Waals surface area contributed by atoms with E-state index in [-0.39, 0.29) is 18.9 Å². The SMILES string of the molecule is C[Si](C)(C)O[Si](C)(C)[O-].[Li+]. The molecule has 0 radical (unpaired) electrons. The van der Waals surface area contributed by atoms with E-state index in [2.05, 4.69) is 0 Å². The van der Waals surface area contributed by atoms with Gasteiger partial charge in [-0.3, -0.25) is 0 Å². The summed E-state index contributed by atoms with van der Waals surface area (Å²) < 4.78 is 5.35. The van der Waals surface area contributed by atoms with Crippen LogP contribution in [0, 0.1) is 0 Å². The van der Waals surface area contributed by atoms with Gasteiger partial charge in [0.2, 0.25) is 0 Å². The van der Waals surface area contributed by atoms with Gasteiger partial charge in [0.05, 0.1) is 8.56 Å². The van der Waals surface area contributed by atoms with Crippen molar-refractivity contribution in [1.29, 1.82) is 0 Å². The first-order valence-electron chi connectivity index (χ1n) is 3.11. The minimum absolute atomic E-state index is 0. The van der Waals surface area contributed by atoms with Gasteiger partial charge in [-0.2, -0.15) is 0 Å². The van der Waals surface area contributed by atoms with Crippen LogP contribution in [0.4, 0.5) is 0 Å². The minimum Gasteiger partial charge on any atom is -0.839 e. The molecule has 0 amide bonds. The standard InChI is InChI=1S/C5H15O2Si2.Li/c1-8(2,3)7-9(4,5)6;/h1-5H3;/q-1;+1. The number of rotatable bonds is 2. The van der Waals surface area contributed by atoms with Crippen molar-refractivity contribution < 1.29 is 27.8 Å². The molecule has 0 fully saturated rings. The Bertz CT molecular complexity index is 82.8. The summed E-state index contributed by atoms with van der Waals surface area (Å²) in [6, 6.07) is 0. The molecule has 10 heavy (non-hydrogen) atoms. The van der Waals surface area contributed by atoms with Crippen LogP contribution in [0.15, 0.2) is 0 Å². The molecule has 0 aliphatic carbocycles. The van der Waals surface area contributed by atoms with Crippen molar-refractivity contribution in [3.63, 3.8) is 0 Å². The Hall–Kier alpha value is 0.951. The van der Waals surface area contributed by atoms with E-state index in [1.165, 1.54) is 0 Å². The van der Waals surface area contributed by atoms with Crippen LogP contribution < -0.4 is 23.7 Å². The van der Waals surface area contributed by atoms with Crippen molar-refractivity contribution in [1.82, 2.24) is 0 Å². The van der Waals surface area contributed by atoms with Gasteiger partial charge in [0.25, 0.3) is 0 Å². The molecule has 5 heteroatoms. The largest absolute Gasteiger partial charge is 1.00 e. The van der Waals surface area contributed by atoms with Gasteiger partial charge in [-0.1, -0.05) is 13.1 Å². The summed E-state index contributed by atoms with van der Waals surface area (Å²) in [5.41, 5.74) is 0. The molecule has 0 aromatic rings. The molecule has 0 N–H and O–H groups in total. The van der Waals surface area contributed by atoms with Crippen LogP contribution in [0.3, 0.4) is 0 Å². The van der Waals surface area contributed by atoms with Gasteiger partial charge in [-0.15, -0.1) is 0 Å². The van der Waals surface area contributed by atoms with Crippen LogP contribution in [-0.4, -0.2) is 16.9 Å². The second kappa shape index (κ2) is 4.10. The third-order valence-electron chi connectivity index (χ3n) is 0.552. The Labute approximate surface area is 77.5 Å². The van der Waals surface area contributed by atoms with E-state index in [1.54, 1.807) is 13.1 Å². The summed E-state index contributed by atoms with van der Waals surface area (Å²) in [6.07, 6.45) is 0. The maximum Gasteiger partial charge on any atom is 1.00 e. The topological polar surface area (TPSA) is 32.3 Å². The van der Waals surface area contributed by atoms with Crippen molar-refractivity contribution >= 4 is 16.9 Å². The fourth-order valence-corrected chi connectivity index (χ4v) is 6.64. The van der Waals surface area contributed by atoms with Crippen LogP contribution in [-0.2, 0) is 4.12 Å². The fraction of sp³-hybridized carbons (Fsp3) is 1.00. The van der Waals surface area contributed by atoms with Gasteiger partial charge in [0, 0.05) is 0 Å². The van der Waals surface area contributed by atoms with Crippen molar-refractivity contribution in [3.8, 4) is 0 Å². The maximum atomic E-state index is 11.1. The predicted molar refractivity (Wildman–Crippen MR) is 41.9 cm³/mol. The van der Waals surface area contributed by atoms with Crippen LogP contribution >= 0.6 is 0 Å². The smallest absolute Gasteiger partial charge is 0.839 e. The number of hydrogen-bond donors (Lipinski definition) is 0. The molecule has 56 valence electrons. The van der Waals surface area contributed by atoms with Crippen molar-refractivity contribution in [2.75, 3.05) is 0 Å². The average Bonchev–Trinajstić information content (AvgIpc) is 1.14. The summed E-state index contributed by atoms with van der Waals surface area (Å²) in [5, 5.41) is 0. The molecule has 0 aromatic carbocycles. The number of hydrogen-bond acceptors (Lipinski definition) is 2. The molecular weight excluding hydrogens is 155 g/mol. The van der Waals surface area contributed by atoms with Crippen LogP contribution in [0.25, 0.3) is 0 Å². The van der Waals surface area contributed by atoms with E-state index >= 15 is 0 Å². The Morgan fingerprint density at radius 1 is 1.00 bits per heavy atom. The van der Waals surface area contributed by atoms with E-state index < -0.39 is 16.9 Å². The molecule has 0 saturated carbocycles. The van der Waals surface area contributed by atoms with Crippen LogP contribution in [0.2, 0.25) is 32.7 Å². The van der Waals surface area contributed by atoms with E-state index in [9.17, 15) is 4.80 Å². The molecule has 0 aliphatic rings. The van der Waals surface area contributed by atoms with E-state index in [1.807, 2.05) is 19.6 Å². The molecule has 0 aliphatic heterocycles. The molecule has 2 nitrogen and oxygen atoms in total. The molecule has 0 saturated heterocycles. The first-order valence-corrected chi connectivity index (χ1v) is 9.34. The Morgan fingerprint density at radius 2 is 1.30 bits per heavy atom. The molecule has 0 spiro atoms. The predicted octanol–water partition coefficient (Wildman–Crippen LogP) is -2.10. The zero-order valence-corrected chi connectivity index (χ0v) is 9.82. The quantitative estimate of drug-likeness (QED) is 0.445. The second-order valence-corrected chi connectivity index (χ2v) is 11.5. The molecule has 0 atom stereocenters. The Balaban J connectivity index is 0. The summed E-state index contributed by atoms with van der Waals surface area (Å²) in [7, 11) is -4.02. The summed E-state index contributed by atoms with van der Waals surface area (Å²) in [4.78, 5) is 11.1. The van der Waals surface area contributed by atoms with Gasteiger partial charge in [0.15, 0.2) is 8.32 Å². The van der Waals surface area contributed by atoms with E-state index in [4.69, 9.17) is 4.12 Å². The summed E-state index contributed by atoms with van der Waals surface area (Å²) in [6.45, 7) is 9.50. The summed E-state index contributed by atoms with van der Waals surface area (Å²) >= 11 is 0. The van der Waals surface area contributed by atoms with Crippen molar-refractivity contribution in [3.05, 3.63) is 0 Å². The molecular formula is C5H15LiO2Si2. The van der Waals surface area contributed by atoms with E-state index in [0.29, 0.717) is 0 Å². The van der Waals surface area contributed by atoms with Crippen LogP contribution in [0.5, 0.6) is 0 Å². The first-order chi connectivity index (χ1) is 3.71. The van der Waals surface area contributed by atoms with Gasteiger partial charge in [-0.05, 0) is 19.6 Å². The van der Waals surface area contributed by atoms with Crippen molar-refractivity contribution in [2.45, 2.75) is 32.7 Å². The molecule has 0 heterocycles. The Kier molecular flexibility index (Phi) is 5.54. The van der Waals surface area contributed by atoms with E-state index in [0.717, 1.165) is 0 Å². The van der Waals surface area contributed by atoms with Gasteiger partial charge < -0.3 is 8.91 Å². The third kappa shape index (κ3) is 11.7. The van der Waals surface area contributed by atoms with Gasteiger partial charge in [-0.25, -0.2) is 0 Å². The summed E-state index contributed by atoms with van der Waals surface area (Å²) in [5.74, 6) is 0. The molecule has 0 unspecified atom stereocenters. The third-order valence-corrected chi connectivity index (χ3v) is 4.97.